The minimum atomic E-state index is -0.363. The number of amides is 1. The Hall–Kier alpha value is -3.30. The van der Waals surface area contributed by atoms with E-state index in [4.69, 9.17) is 9.47 Å². The maximum absolute atomic E-state index is 13.1. The number of aliphatic hydroxyl groups excluding tert-OH is 1. The van der Waals surface area contributed by atoms with Crippen molar-refractivity contribution in [2.24, 2.45) is 0 Å². The molecule has 0 radical (unpaired) electrons. The second-order valence-electron chi connectivity index (χ2n) is 7.20. The molecule has 0 aliphatic carbocycles. The van der Waals surface area contributed by atoms with Gasteiger partial charge in [0.05, 0.1) is 7.11 Å². The molecule has 8 nitrogen and oxygen atoms in total. The highest BCUT2D eigenvalue weighted by Crippen LogP contribution is 2.20. The Morgan fingerprint density at radius 2 is 1.91 bits per heavy atom. The van der Waals surface area contributed by atoms with E-state index < -0.39 is 0 Å². The van der Waals surface area contributed by atoms with E-state index in [2.05, 4.69) is 10.3 Å². The molecule has 0 saturated carbocycles. The van der Waals surface area contributed by atoms with Crippen molar-refractivity contribution in [3.05, 3.63) is 76.0 Å². The first-order chi connectivity index (χ1) is 15.9. The van der Waals surface area contributed by atoms with Crippen molar-refractivity contribution in [1.82, 2.24) is 9.55 Å². The summed E-state index contributed by atoms with van der Waals surface area (Å²) in [4.78, 5) is 31.4. The molecule has 0 unspecified atom stereocenters. The molecule has 1 aromatic heterocycles. The zero-order valence-corrected chi connectivity index (χ0v) is 19.6. The molecule has 3 aromatic rings. The summed E-state index contributed by atoms with van der Waals surface area (Å²) in [5, 5.41) is 12.2. The van der Waals surface area contributed by atoms with E-state index in [1.165, 1.54) is 4.57 Å². The van der Waals surface area contributed by atoms with Crippen LogP contribution in [0, 0.1) is 6.92 Å². The first-order valence-corrected chi connectivity index (χ1v) is 11.6. The minimum Gasteiger partial charge on any atom is -0.497 e. The van der Waals surface area contributed by atoms with Gasteiger partial charge in [-0.2, -0.15) is 0 Å². The molecule has 3 rings (SSSR count). The maximum Gasteiger partial charge on any atom is 0.257 e. The van der Waals surface area contributed by atoms with Gasteiger partial charge in [0, 0.05) is 34.9 Å². The molecule has 0 fully saturated rings. The second-order valence-corrected chi connectivity index (χ2v) is 8.08. The van der Waals surface area contributed by atoms with Gasteiger partial charge in [0.1, 0.15) is 30.5 Å². The van der Waals surface area contributed by atoms with Gasteiger partial charge in [-0.15, -0.1) is 11.8 Å². The molecule has 33 heavy (non-hydrogen) atoms. The molecule has 0 saturated heterocycles. The first-order valence-electron chi connectivity index (χ1n) is 10.4. The highest BCUT2D eigenvalue weighted by atomic mass is 32.2. The molecule has 0 spiro atoms. The number of ether oxygens (including phenoxy) is 2. The summed E-state index contributed by atoms with van der Waals surface area (Å²) in [5.41, 5.74) is 1.17. The van der Waals surface area contributed by atoms with Crippen molar-refractivity contribution in [3.63, 3.8) is 0 Å². The van der Waals surface area contributed by atoms with Gasteiger partial charge >= 0.3 is 0 Å². The molecule has 9 heteroatoms. The number of carbonyl (C=O) groups is 1. The van der Waals surface area contributed by atoms with Gasteiger partial charge < -0.3 is 19.9 Å². The smallest absolute Gasteiger partial charge is 0.257 e. The predicted octanol–water partition coefficient (Wildman–Crippen LogP) is 3.03. The third kappa shape index (κ3) is 6.36. The Balaban J connectivity index is 1.85. The minimum absolute atomic E-state index is 0.00292. The number of methoxy groups -OCH3 is 1. The highest BCUT2D eigenvalue weighted by Gasteiger charge is 2.17. The van der Waals surface area contributed by atoms with Gasteiger partial charge in [-0.05, 0) is 55.6 Å². The molecule has 0 aliphatic rings. The molecule has 2 N–H and O–H groups in total. The van der Waals surface area contributed by atoms with Crippen LogP contribution < -0.4 is 20.3 Å². The van der Waals surface area contributed by atoms with Crippen molar-refractivity contribution in [2.75, 3.05) is 25.3 Å². The molecule has 2 aromatic carbocycles. The Morgan fingerprint density at radius 3 is 2.58 bits per heavy atom. The number of thioether (sulfide) groups is 1. The van der Waals surface area contributed by atoms with Crippen molar-refractivity contribution in [3.8, 4) is 11.5 Å². The zero-order valence-electron chi connectivity index (χ0n) is 18.8. The number of aliphatic hydroxyl groups is 1. The molecular weight excluding hydrogens is 442 g/mol. The number of carbonyl (C=O) groups excluding carboxylic acids is 1. The van der Waals surface area contributed by atoms with Crippen LogP contribution >= 0.6 is 11.8 Å². The van der Waals surface area contributed by atoms with Crippen LogP contribution in [0.15, 0.2) is 58.2 Å². The fourth-order valence-electron chi connectivity index (χ4n) is 3.29. The fourth-order valence-corrected chi connectivity index (χ4v) is 3.75. The fraction of sp³-hybridized carbons (Fsp3) is 0.292. The van der Waals surface area contributed by atoms with Crippen LogP contribution in [0.2, 0.25) is 0 Å². The predicted molar refractivity (Wildman–Crippen MR) is 128 cm³/mol. The number of aryl methyl sites for hydroxylation is 1. The molecular formula is C24H27N3O5S. The van der Waals surface area contributed by atoms with E-state index in [-0.39, 0.29) is 37.6 Å². The second kappa shape index (κ2) is 11.5. The summed E-state index contributed by atoms with van der Waals surface area (Å²) in [6.07, 6.45) is 2.12. The third-order valence-corrected chi connectivity index (χ3v) is 5.72. The van der Waals surface area contributed by atoms with Crippen LogP contribution in [0.1, 0.15) is 17.1 Å². The molecule has 1 heterocycles. The van der Waals surface area contributed by atoms with Gasteiger partial charge in [0.25, 0.3) is 5.56 Å². The van der Waals surface area contributed by atoms with Crippen LogP contribution in [-0.2, 0) is 24.4 Å². The lowest BCUT2D eigenvalue weighted by Gasteiger charge is -2.16. The van der Waals surface area contributed by atoms with E-state index in [1.807, 2.05) is 24.5 Å². The van der Waals surface area contributed by atoms with Crippen LogP contribution in [0.25, 0.3) is 0 Å². The lowest BCUT2D eigenvalue weighted by Crippen LogP contribution is -2.34. The number of hydrogen-bond donors (Lipinski definition) is 2. The molecule has 1 amide bonds. The summed E-state index contributed by atoms with van der Waals surface area (Å²) in [5.74, 6) is 1.24. The van der Waals surface area contributed by atoms with Gasteiger partial charge in [-0.25, -0.2) is 4.98 Å². The lowest BCUT2D eigenvalue weighted by atomic mass is 10.1. The number of nitrogens with one attached hydrogen (secondary N) is 1. The number of hydrogen-bond acceptors (Lipinski definition) is 7. The number of anilines is 1. The average molecular weight is 470 g/mol. The van der Waals surface area contributed by atoms with E-state index in [0.717, 1.165) is 4.90 Å². The lowest BCUT2D eigenvalue weighted by molar-refractivity contribution is -0.116. The standard InChI is InChI=1S/C24H27N3O5S/c1-16-21(11-12-28)24(30)27(14-23(29)26-17-5-4-6-20(13-17)33-3)22(25-16)15-32-19-9-7-18(31-2)8-10-19/h4-10,13,28H,11-12,14-15H2,1-3H3,(H,26,29). The van der Waals surface area contributed by atoms with Crippen molar-refractivity contribution < 1.29 is 19.4 Å². The van der Waals surface area contributed by atoms with Crippen molar-refractivity contribution in [1.29, 1.82) is 0 Å². The monoisotopic (exact) mass is 469 g/mol. The van der Waals surface area contributed by atoms with Crippen LogP contribution in [0.3, 0.4) is 0 Å². The van der Waals surface area contributed by atoms with Gasteiger partial charge in [0.2, 0.25) is 5.91 Å². The summed E-state index contributed by atoms with van der Waals surface area (Å²) >= 11 is 1.57. The van der Waals surface area contributed by atoms with Gasteiger partial charge in [-0.3, -0.25) is 14.2 Å². The topological polar surface area (TPSA) is 103 Å². The van der Waals surface area contributed by atoms with Crippen LogP contribution in [0.5, 0.6) is 11.5 Å². The number of nitrogens with zero attached hydrogens (tertiary/aromatic N) is 2. The normalized spacial score (nSPS) is 10.7. The van der Waals surface area contributed by atoms with Crippen LogP contribution in [0.4, 0.5) is 5.69 Å². The highest BCUT2D eigenvalue weighted by molar-refractivity contribution is 7.98. The third-order valence-electron chi connectivity index (χ3n) is 4.99. The van der Waals surface area contributed by atoms with E-state index in [0.29, 0.717) is 34.3 Å². The van der Waals surface area contributed by atoms with Gasteiger partial charge in [-0.1, -0.05) is 6.07 Å². The maximum atomic E-state index is 13.1. The molecule has 0 bridgehead atoms. The van der Waals surface area contributed by atoms with Crippen molar-refractivity contribution in [2.45, 2.75) is 31.4 Å². The van der Waals surface area contributed by atoms with Crippen LogP contribution in [-0.4, -0.2) is 40.5 Å². The summed E-state index contributed by atoms with van der Waals surface area (Å²) in [6.45, 7) is 1.29. The largest absolute Gasteiger partial charge is 0.497 e. The summed E-state index contributed by atoms with van der Waals surface area (Å²) < 4.78 is 12.3. The summed E-state index contributed by atoms with van der Waals surface area (Å²) in [7, 11) is 1.58. The molecule has 0 aliphatic heterocycles. The van der Waals surface area contributed by atoms with Crippen molar-refractivity contribution >= 4 is 23.4 Å². The van der Waals surface area contributed by atoms with E-state index in [9.17, 15) is 14.7 Å². The number of rotatable bonds is 10. The Kier molecular flexibility index (Phi) is 8.51. The Labute approximate surface area is 196 Å². The molecule has 0 atom stereocenters. The van der Waals surface area contributed by atoms with Gasteiger partial charge in [0.15, 0.2) is 0 Å². The average Bonchev–Trinajstić information content (AvgIpc) is 2.83. The SMILES string of the molecule is COc1ccc(OCc2nc(C)c(CCO)c(=O)n2CC(=O)Nc2cccc(SC)c2)cc1. The Morgan fingerprint density at radius 1 is 1.18 bits per heavy atom. The molecule has 174 valence electrons. The summed E-state index contributed by atoms with van der Waals surface area (Å²) in [6, 6.07) is 14.5. The quantitative estimate of drug-likeness (QED) is 0.440. The zero-order chi connectivity index (χ0) is 23.8. The number of benzene rings is 2. The first kappa shape index (κ1) is 24.3. The van der Waals surface area contributed by atoms with E-state index >= 15 is 0 Å². The Bertz CT molecular complexity index is 1160. The van der Waals surface area contributed by atoms with E-state index in [1.54, 1.807) is 56.1 Å². The number of aromatic nitrogens is 2.